The van der Waals surface area contributed by atoms with Gasteiger partial charge >= 0.3 is 5.97 Å². The molecule has 48 heavy (non-hydrogen) atoms. The zero-order chi connectivity index (χ0) is 34.2. The summed E-state index contributed by atoms with van der Waals surface area (Å²) in [6, 6.07) is 31.7. The van der Waals surface area contributed by atoms with Crippen LogP contribution in [0.25, 0.3) is 0 Å². The number of rotatable bonds is 11. The van der Waals surface area contributed by atoms with Gasteiger partial charge in [0.1, 0.15) is 18.3 Å². The molecule has 8 heteroatoms. The van der Waals surface area contributed by atoms with Crippen LogP contribution in [0.5, 0.6) is 0 Å². The maximum Gasteiger partial charge on any atom is 0.303 e. The lowest BCUT2D eigenvalue weighted by Gasteiger charge is -2.54. The van der Waals surface area contributed by atoms with Gasteiger partial charge in [-0.25, -0.2) is 0 Å². The van der Waals surface area contributed by atoms with Crippen LogP contribution in [0.3, 0.4) is 0 Å². The number of ether oxygens (including phenoxy) is 5. The number of hydrogen-bond donors (Lipinski definition) is 0. The number of benzene rings is 3. The van der Waals surface area contributed by atoms with E-state index >= 15 is 0 Å². The van der Waals surface area contributed by atoms with Crippen LogP contribution in [0.2, 0.25) is 5.04 Å². The van der Waals surface area contributed by atoms with Crippen molar-refractivity contribution in [2.45, 2.75) is 109 Å². The second kappa shape index (κ2) is 13.8. The average Bonchev–Trinajstić information content (AvgIpc) is 3.89. The number of carbonyl (C=O) groups is 1. The van der Waals surface area contributed by atoms with Crippen molar-refractivity contribution in [3.05, 3.63) is 96.6 Å². The third-order valence-corrected chi connectivity index (χ3v) is 15.8. The molecule has 258 valence electrons. The molecule has 3 aromatic rings. The smallest absolute Gasteiger partial charge is 0.303 e. The van der Waals surface area contributed by atoms with E-state index < -0.39 is 31.7 Å². The minimum atomic E-state index is -2.93. The standard InChI is InChI=1S/C40H52O7Si/c1-28-33(23-24-42-26-30-17-11-8-12-18-30)45-40(39(6,7)37(44-29(2)41)36(46-40)35-27-43-35)25-34(28)47-48(38(3,4)5,31-19-13-9-14-20-31)32-21-15-10-16-22-32/h8-22,28,33-37H,23-27H2,1-7H3/t28-,33+,34-,35+,36-,37+,40-/m0/s1. The highest BCUT2D eigenvalue weighted by Gasteiger charge is 2.69. The summed E-state index contributed by atoms with van der Waals surface area (Å²) in [4.78, 5) is 12.4. The molecule has 0 saturated carbocycles. The van der Waals surface area contributed by atoms with Crippen LogP contribution in [0, 0.1) is 11.3 Å². The van der Waals surface area contributed by atoms with Crippen LogP contribution in [0.15, 0.2) is 91.0 Å². The molecule has 0 amide bonds. The summed E-state index contributed by atoms with van der Waals surface area (Å²) in [7, 11) is -2.93. The van der Waals surface area contributed by atoms with Crippen LogP contribution in [0.1, 0.15) is 66.9 Å². The Bertz CT molecular complexity index is 1470. The predicted molar refractivity (Wildman–Crippen MR) is 189 cm³/mol. The molecule has 3 fully saturated rings. The van der Waals surface area contributed by atoms with E-state index in [9.17, 15) is 4.79 Å². The van der Waals surface area contributed by atoms with Crippen molar-refractivity contribution in [3.63, 3.8) is 0 Å². The second-order valence-electron chi connectivity index (χ2n) is 15.3. The van der Waals surface area contributed by atoms with E-state index in [0.29, 0.717) is 32.7 Å². The lowest BCUT2D eigenvalue weighted by atomic mass is 9.72. The Morgan fingerprint density at radius 2 is 1.46 bits per heavy atom. The van der Waals surface area contributed by atoms with E-state index in [1.807, 2.05) is 18.2 Å². The summed E-state index contributed by atoms with van der Waals surface area (Å²) in [5.74, 6) is -1.38. The van der Waals surface area contributed by atoms with Crippen LogP contribution in [0.4, 0.5) is 0 Å². The van der Waals surface area contributed by atoms with Gasteiger partial charge in [0.25, 0.3) is 8.32 Å². The first-order valence-corrected chi connectivity index (χ1v) is 19.3. The molecule has 0 radical (unpaired) electrons. The molecule has 3 aromatic carbocycles. The Hall–Kier alpha value is -2.85. The van der Waals surface area contributed by atoms with E-state index in [-0.39, 0.29) is 35.2 Å². The Morgan fingerprint density at radius 1 is 0.896 bits per heavy atom. The number of epoxide rings is 1. The Morgan fingerprint density at radius 3 is 1.98 bits per heavy atom. The second-order valence-corrected chi connectivity index (χ2v) is 19.6. The van der Waals surface area contributed by atoms with Crippen molar-refractivity contribution >= 4 is 24.7 Å². The highest BCUT2D eigenvalue weighted by atomic mass is 28.4. The summed E-state index contributed by atoms with van der Waals surface area (Å²) >= 11 is 0. The predicted octanol–water partition coefficient (Wildman–Crippen LogP) is 6.42. The zero-order valence-electron chi connectivity index (χ0n) is 29.5. The monoisotopic (exact) mass is 672 g/mol. The van der Waals surface area contributed by atoms with Gasteiger partial charge in [0.05, 0.1) is 30.8 Å². The van der Waals surface area contributed by atoms with Gasteiger partial charge in [0.15, 0.2) is 5.79 Å². The SMILES string of the molecule is CC(=O)O[C@@H]1[C@H]([C@H]2CO2)O[C@@]2(C[C@H](O[Si](c3ccccc3)(c3ccccc3)C(C)(C)C)[C@@H](C)[C@@H](CCOCc3ccccc3)O2)C1(C)C. The van der Waals surface area contributed by atoms with Gasteiger partial charge in [-0.15, -0.1) is 0 Å². The molecule has 6 rings (SSSR count). The number of esters is 1. The highest BCUT2D eigenvalue weighted by molar-refractivity contribution is 6.99. The topological polar surface area (TPSA) is 75.8 Å². The minimum Gasteiger partial charge on any atom is -0.459 e. The highest BCUT2D eigenvalue weighted by Crippen LogP contribution is 2.57. The van der Waals surface area contributed by atoms with E-state index in [1.54, 1.807) is 0 Å². The van der Waals surface area contributed by atoms with Gasteiger partial charge in [0.2, 0.25) is 0 Å². The zero-order valence-corrected chi connectivity index (χ0v) is 30.5. The molecule has 0 aliphatic carbocycles. The van der Waals surface area contributed by atoms with Crippen molar-refractivity contribution in [1.82, 2.24) is 0 Å². The van der Waals surface area contributed by atoms with E-state index in [2.05, 4.69) is 114 Å². The van der Waals surface area contributed by atoms with Crippen molar-refractivity contribution in [1.29, 1.82) is 0 Å². The molecule has 7 atom stereocenters. The van der Waals surface area contributed by atoms with Gasteiger partial charge in [-0.1, -0.05) is 133 Å². The lowest BCUT2D eigenvalue weighted by Crippen LogP contribution is -2.70. The minimum absolute atomic E-state index is 0.0281. The van der Waals surface area contributed by atoms with Gasteiger partial charge in [-0.05, 0) is 27.4 Å². The van der Waals surface area contributed by atoms with Gasteiger partial charge < -0.3 is 28.1 Å². The van der Waals surface area contributed by atoms with Crippen LogP contribution < -0.4 is 10.4 Å². The van der Waals surface area contributed by atoms with E-state index in [0.717, 1.165) is 5.56 Å². The molecular formula is C40H52O7Si. The van der Waals surface area contributed by atoms with E-state index in [4.69, 9.17) is 28.1 Å². The Labute approximate surface area is 287 Å². The first kappa shape index (κ1) is 35.0. The molecule has 0 N–H and O–H groups in total. The van der Waals surface area contributed by atoms with Crippen molar-refractivity contribution < 1.29 is 32.9 Å². The fraction of sp³-hybridized carbons (Fsp3) is 0.525. The van der Waals surface area contributed by atoms with Crippen molar-refractivity contribution in [2.75, 3.05) is 13.2 Å². The van der Waals surface area contributed by atoms with Gasteiger partial charge in [-0.2, -0.15) is 0 Å². The maximum atomic E-state index is 12.4. The summed E-state index contributed by atoms with van der Waals surface area (Å²) in [6.45, 7) is 16.4. The van der Waals surface area contributed by atoms with Gasteiger partial charge in [0, 0.05) is 25.9 Å². The summed E-state index contributed by atoms with van der Waals surface area (Å²) in [6.07, 6.45) is -0.388. The Balaban J connectivity index is 1.39. The first-order chi connectivity index (χ1) is 22.9. The molecule has 7 nitrogen and oxygen atoms in total. The average molecular weight is 673 g/mol. The molecule has 3 heterocycles. The first-order valence-electron chi connectivity index (χ1n) is 17.4. The molecule has 0 unspecified atom stereocenters. The molecule has 0 aromatic heterocycles. The van der Waals surface area contributed by atoms with Crippen molar-refractivity contribution in [2.24, 2.45) is 11.3 Å². The molecule has 3 saturated heterocycles. The molecule has 0 bridgehead atoms. The third kappa shape index (κ3) is 6.68. The number of carbonyl (C=O) groups excluding carboxylic acids is 1. The van der Waals surface area contributed by atoms with Crippen LogP contribution >= 0.6 is 0 Å². The molecule has 3 aliphatic heterocycles. The lowest BCUT2D eigenvalue weighted by molar-refractivity contribution is -0.331. The normalized spacial score (nSPS) is 29.9. The number of hydrogen-bond acceptors (Lipinski definition) is 7. The van der Waals surface area contributed by atoms with Crippen molar-refractivity contribution in [3.8, 4) is 0 Å². The maximum absolute atomic E-state index is 12.4. The van der Waals surface area contributed by atoms with Gasteiger partial charge in [-0.3, -0.25) is 4.79 Å². The summed E-state index contributed by atoms with van der Waals surface area (Å²) < 4.78 is 40.0. The molecular weight excluding hydrogens is 621 g/mol. The largest absolute Gasteiger partial charge is 0.459 e. The molecule has 1 spiro atoms. The van der Waals surface area contributed by atoms with Crippen LogP contribution in [-0.4, -0.2) is 63.8 Å². The quantitative estimate of drug-likeness (QED) is 0.101. The Kier molecular flexibility index (Phi) is 10.1. The third-order valence-electron chi connectivity index (χ3n) is 10.7. The molecule has 3 aliphatic rings. The fourth-order valence-corrected chi connectivity index (χ4v) is 12.7. The summed E-state index contributed by atoms with van der Waals surface area (Å²) in [5.41, 5.74) is 0.447. The van der Waals surface area contributed by atoms with E-state index in [1.165, 1.54) is 17.3 Å². The fourth-order valence-electron chi connectivity index (χ4n) is 7.90. The summed E-state index contributed by atoms with van der Waals surface area (Å²) in [5, 5.41) is 2.26. The van der Waals surface area contributed by atoms with Crippen LogP contribution in [-0.2, 0) is 39.5 Å².